The number of aliphatic hydroxyl groups is 1. The molecular formula is C14H21N3O4. The molecule has 21 heavy (non-hydrogen) atoms. The summed E-state index contributed by atoms with van der Waals surface area (Å²) in [6, 6.07) is 1.27. The van der Waals surface area contributed by atoms with E-state index in [4.69, 9.17) is 0 Å². The van der Waals surface area contributed by atoms with Crippen molar-refractivity contribution in [2.75, 3.05) is 13.2 Å². The number of nitrogens with zero attached hydrogens (tertiary/aromatic N) is 2. The lowest BCUT2D eigenvalue weighted by Crippen LogP contribution is -2.41. The Kier molecular flexibility index (Phi) is 4.62. The molecule has 2 N–H and O–H groups in total. The first-order valence-corrected chi connectivity index (χ1v) is 7.17. The first kappa shape index (κ1) is 15.5. The summed E-state index contributed by atoms with van der Waals surface area (Å²) in [5.74, 6) is -0.344. The number of aliphatic hydroxyl groups excluding tert-OH is 1. The van der Waals surface area contributed by atoms with Gasteiger partial charge in [-0.3, -0.25) is 14.9 Å². The Balaban J connectivity index is 2.02. The number of carbonyl (C=O) groups is 1. The number of hydrogen-bond donors (Lipinski definition) is 2. The van der Waals surface area contributed by atoms with Crippen LogP contribution in [0.25, 0.3) is 0 Å². The van der Waals surface area contributed by atoms with Gasteiger partial charge in [-0.2, -0.15) is 0 Å². The van der Waals surface area contributed by atoms with Crippen molar-refractivity contribution in [1.82, 2.24) is 9.88 Å². The van der Waals surface area contributed by atoms with Gasteiger partial charge in [-0.15, -0.1) is 0 Å². The predicted octanol–water partition coefficient (Wildman–Crippen LogP) is 1.61. The normalized spacial score (nSPS) is 17.4. The van der Waals surface area contributed by atoms with Crippen LogP contribution in [0, 0.1) is 15.5 Å². The Hall–Kier alpha value is -1.89. The zero-order chi connectivity index (χ0) is 15.5. The molecule has 0 bridgehead atoms. The molecule has 0 spiro atoms. The molecule has 1 heterocycles. The minimum absolute atomic E-state index is 0.0561. The van der Waals surface area contributed by atoms with Gasteiger partial charge < -0.3 is 15.0 Å². The third-order valence-electron chi connectivity index (χ3n) is 4.31. The standard InChI is InChI=1S/C14H21N3O4/c1-16-8-11(17(20)21)7-12(16)13(19)15-9-14(10-18)5-3-2-4-6-14/h7-8,18H,2-6,9-10H2,1H3,(H,15,19). The summed E-state index contributed by atoms with van der Waals surface area (Å²) in [5, 5.41) is 23.1. The number of hydrogen-bond acceptors (Lipinski definition) is 4. The highest BCUT2D eigenvalue weighted by Gasteiger charge is 2.32. The number of aryl methyl sites for hydroxylation is 1. The van der Waals surface area contributed by atoms with Gasteiger partial charge in [0.15, 0.2) is 0 Å². The Morgan fingerprint density at radius 3 is 2.67 bits per heavy atom. The molecule has 7 heteroatoms. The molecule has 2 rings (SSSR count). The van der Waals surface area contributed by atoms with Crippen LogP contribution in [0.1, 0.15) is 42.6 Å². The van der Waals surface area contributed by atoms with E-state index in [9.17, 15) is 20.0 Å². The van der Waals surface area contributed by atoms with E-state index >= 15 is 0 Å². The lowest BCUT2D eigenvalue weighted by atomic mass is 9.74. The Bertz CT molecular complexity index is 532. The van der Waals surface area contributed by atoms with E-state index in [-0.39, 0.29) is 29.3 Å². The third-order valence-corrected chi connectivity index (χ3v) is 4.31. The highest BCUT2D eigenvalue weighted by molar-refractivity contribution is 5.93. The van der Waals surface area contributed by atoms with Crippen LogP contribution in [0.5, 0.6) is 0 Å². The van der Waals surface area contributed by atoms with Crippen molar-refractivity contribution >= 4 is 11.6 Å². The van der Waals surface area contributed by atoms with Crippen molar-refractivity contribution in [3.05, 3.63) is 28.1 Å². The molecule has 1 aromatic heterocycles. The Morgan fingerprint density at radius 1 is 1.48 bits per heavy atom. The topological polar surface area (TPSA) is 97.4 Å². The molecule has 0 saturated heterocycles. The van der Waals surface area contributed by atoms with Gasteiger partial charge in [0.05, 0.1) is 17.7 Å². The molecule has 1 aromatic rings. The van der Waals surface area contributed by atoms with Gasteiger partial charge in [-0.1, -0.05) is 19.3 Å². The summed E-state index contributed by atoms with van der Waals surface area (Å²) in [7, 11) is 1.60. The second-order valence-electron chi connectivity index (χ2n) is 5.85. The Morgan fingerprint density at radius 2 is 2.14 bits per heavy atom. The van der Waals surface area contributed by atoms with E-state index in [1.54, 1.807) is 7.05 Å². The SMILES string of the molecule is Cn1cc([N+](=O)[O-])cc1C(=O)NCC1(CO)CCCCC1. The van der Waals surface area contributed by atoms with Gasteiger partial charge in [0.1, 0.15) is 5.69 Å². The maximum Gasteiger partial charge on any atom is 0.287 e. The zero-order valence-corrected chi connectivity index (χ0v) is 12.2. The van der Waals surface area contributed by atoms with Gasteiger partial charge in [0.2, 0.25) is 0 Å². The van der Waals surface area contributed by atoms with Crippen LogP contribution in [0.2, 0.25) is 0 Å². The van der Waals surface area contributed by atoms with Crippen molar-refractivity contribution in [1.29, 1.82) is 0 Å². The van der Waals surface area contributed by atoms with Crippen LogP contribution < -0.4 is 5.32 Å². The van der Waals surface area contributed by atoms with Gasteiger partial charge >= 0.3 is 0 Å². The molecule has 0 atom stereocenters. The first-order valence-electron chi connectivity index (χ1n) is 7.17. The molecule has 1 fully saturated rings. The number of carbonyl (C=O) groups excluding carboxylic acids is 1. The largest absolute Gasteiger partial charge is 0.396 e. The van der Waals surface area contributed by atoms with Crippen LogP contribution in [-0.2, 0) is 7.05 Å². The van der Waals surface area contributed by atoms with Gasteiger partial charge in [-0.25, -0.2) is 0 Å². The molecular weight excluding hydrogens is 274 g/mol. The highest BCUT2D eigenvalue weighted by Crippen LogP contribution is 2.35. The van der Waals surface area contributed by atoms with Gasteiger partial charge in [0.25, 0.3) is 11.6 Å². The highest BCUT2D eigenvalue weighted by atomic mass is 16.6. The summed E-state index contributed by atoms with van der Waals surface area (Å²) < 4.78 is 1.44. The second-order valence-corrected chi connectivity index (χ2v) is 5.85. The lowest BCUT2D eigenvalue weighted by Gasteiger charge is -2.35. The Labute approximate surface area is 123 Å². The molecule has 116 valence electrons. The fraction of sp³-hybridized carbons (Fsp3) is 0.643. The monoisotopic (exact) mass is 295 g/mol. The first-order chi connectivity index (χ1) is 9.97. The fourth-order valence-corrected chi connectivity index (χ4v) is 2.92. The average Bonchev–Trinajstić information content (AvgIpc) is 2.88. The minimum Gasteiger partial charge on any atom is -0.396 e. The molecule has 0 aromatic carbocycles. The number of rotatable bonds is 5. The van der Waals surface area contributed by atoms with Crippen LogP contribution in [0.15, 0.2) is 12.3 Å². The van der Waals surface area contributed by atoms with E-state index in [2.05, 4.69) is 5.32 Å². The molecule has 0 radical (unpaired) electrons. The number of aromatic nitrogens is 1. The maximum atomic E-state index is 12.2. The maximum absolute atomic E-state index is 12.2. The summed E-state index contributed by atoms with van der Waals surface area (Å²) in [4.78, 5) is 22.4. The minimum atomic E-state index is -0.521. The number of amides is 1. The average molecular weight is 295 g/mol. The molecule has 1 aliphatic carbocycles. The molecule has 1 amide bonds. The molecule has 1 aliphatic rings. The van der Waals surface area contributed by atoms with Gasteiger partial charge in [-0.05, 0) is 12.8 Å². The molecule has 7 nitrogen and oxygen atoms in total. The van der Waals surface area contributed by atoms with Crippen molar-refractivity contribution in [3.63, 3.8) is 0 Å². The van der Waals surface area contributed by atoms with Crippen molar-refractivity contribution in [2.45, 2.75) is 32.1 Å². The van der Waals surface area contributed by atoms with E-state index in [0.717, 1.165) is 25.7 Å². The van der Waals surface area contributed by atoms with E-state index < -0.39 is 4.92 Å². The fourth-order valence-electron chi connectivity index (χ4n) is 2.92. The molecule has 1 saturated carbocycles. The van der Waals surface area contributed by atoms with Crippen LogP contribution in [0.4, 0.5) is 5.69 Å². The van der Waals surface area contributed by atoms with Crippen LogP contribution in [-0.4, -0.2) is 33.7 Å². The summed E-state index contributed by atoms with van der Waals surface area (Å²) >= 11 is 0. The number of nitro groups is 1. The van der Waals surface area contributed by atoms with Crippen molar-refractivity contribution in [2.24, 2.45) is 12.5 Å². The molecule has 0 unspecified atom stereocenters. The number of nitrogens with one attached hydrogen (secondary N) is 1. The quantitative estimate of drug-likeness (QED) is 0.637. The van der Waals surface area contributed by atoms with Crippen molar-refractivity contribution < 1.29 is 14.8 Å². The van der Waals surface area contributed by atoms with Crippen molar-refractivity contribution in [3.8, 4) is 0 Å². The third kappa shape index (κ3) is 3.41. The summed E-state index contributed by atoms with van der Waals surface area (Å²) in [5.41, 5.74) is -0.0897. The smallest absolute Gasteiger partial charge is 0.287 e. The van der Waals surface area contributed by atoms with E-state index in [1.165, 1.54) is 23.3 Å². The lowest BCUT2D eigenvalue weighted by molar-refractivity contribution is -0.384. The zero-order valence-electron chi connectivity index (χ0n) is 12.2. The predicted molar refractivity (Wildman–Crippen MR) is 77.0 cm³/mol. The summed E-state index contributed by atoms with van der Waals surface area (Å²) in [6.45, 7) is 0.460. The van der Waals surface area contributed by atoms with Gasteiger partial charge in [0, 0.05) is 25.1 Å². The molecule has 0 aliphatic heterocycles. The second kappa shape index (κ2) is 6.26. The summed E-state index contributed by atoms with van der Waals surface area (Å²) in [6.07, 6.45) is 6.41. The van der Waals surface area contributed by atoms with E-state index in [1.807, 2.05) is 0 Å². The van der Waals surface area contributed by atoms with E-state index in [0.29, 0.717) is 6.54 Å². The van der Waals surface area contributed by atoms with Crippen LogP contribution >= 0.6 is 0 Å². The van der Waals surface area contributed by atoms with Crippen LogP contribution in [0.3, 0.4) is 0 Å².